The maximum atomic E-state index is 12.2. The molecule has 4 N–H and O–H groups in total. The van der Waals surface area contributed by atoms with Crippen molar-refractivity contribution in [2.24, 2.45) is 5.73 Å². The van der Waals surface area contributed by atoms with Gasteiger partial charge in [0.1, 0.15) is 0 Å². The minimum Gasteiger partial charge on any atom is -0.392 e. The van der Waals surface area contributed by atoms with E-state index >= 15 is 0 Å². The van der Waals surface area contributed by atoms with Gasteiger partial charge >= 0.3 is 0 Å². The number of nitrogens with one attached hydrogen (secondary N) is 2. The van der Waals surface area contributed by atoms with Gasteiger partial charge < -0.3 is 10.6 Å². The quantitative estimate of drug-likeness (QED) is 0.634. The molecule has 1 aliphatic heterocycles. The summed E-state index contributed by atoms with van der Waals surface area (Å²) in [7, 11) is -1.65. The predicted octanol–water partition coefficient (Wildman–Crippen LogP) is -0.0406. The molecule has 1 saturated heterocycles. The first-order valence-corrected chi connectivity index (χ1v) is 8.16. The zero-order valence-electron chi connectivity index (χ0n) is 12.0. The van der Waals surface area contributed by atoms with Gasteiger partial charge in [0.15, 0.2) is 0 Å². The van der Waals surface area contributed by atoms with Crippen molar-refractivity contribution in [3.8, 4) is 0 Å². The first-order valence-electron chi connectivity index (χ1n) is 6.27. The zero-order chi connectivity index (χ0) is 14.9. The van der Waals surface area contributed by atoms with Crippen LogP contribution >= 0.6 is 12.2 Å². The Morgan fingerprint density at radius 2 is 1.79 bits per heavy atom. The third-order valence-corrected chi connectivity index (χ3v) is 5.01. The molecule has 112 valence electrons. The fourth-order valence-corrected chi connectivity index (χ4v) is 4.09. The summed E-state index contributed by atoms with van der Waals surface area (Å²) in [6.45, 7) is 6.88. The van der Waals surface area contributed by atoms with E-state index in [1.54, 1.807) is 20.8 Å². The number of hydrogen-bond donors (Lipinski definition) is 3. The lowest BCUT2D eigenvalue weighted by molar-refractivity contribution is 0.220. The minimum absolute atomic E-state index is 0.208. The Bertz CT molecular complexity index is 434. The van der Waals surface area contributed by atoms with Crippen LogP contribution in [0.2, 0.25) is 0 Å². The lowest BCUT2D eigenvalue weighted by Gasteiger charge is -2.40. The molecule has 0 saturated carbocycles. The Labute approximate surface area is 121 Å². The summed E-state index contributed by atoms with van der Waals surface area (Å²) < 4.78 is 29.5. The smallest absolute Gasteiger partial charge is 0.278 e. The molecule has 1 fully saturated rings. The van der Waals surface area contributed by atoms with Gasteiger partial charge in [-0.2, -0.15) is 17.9 Å². The highest BCUT2D eigenvalue weighted by Gasteiger charge is 2.40. The van der Waals surface area contributed by atoms with Crippen LogP contribution in [0.4, 0.5) is 0 Å². The van der Waals surface area contributed by atoms with Crippen LogP contribution in [0.15, 0.2) is 0 Å². The van der Waals surface area contributed by atoms with Crippen molar-refractivity contribution in [3.05, 3.63) is 0 Å². The topological polar surface area (TPSA) is 87.5 Å². The van der Waals surface area contributed by atoms with Crippen LogP contribution in [-0.4, -0.2) is 49.5 Å². The molecule has 0 atom stereocenters. The van der Waals surface area contributed by atoms with E-state index in [4.69, 9.17) is 18.0 Å². The van der Waals surface area contributed by atoms with E-state index in [1.165, 1.54) is 0 Å². The largest absolute Gasteiger partial charge is 0.392 e. The average Bonchev–Trinajstić information content (AvgIpc) is 2.17. The molecular formula is C11H24N4O2S2. The second-order valence-electron chi connectivity index (χ2n) is 6.21. The molecule has 0 aromatic heterocycles. The molecule has 1 rings (SSSR count). The monoisotopic (exact) mass is 308 g/mol. The Balaban J connectivity index is 2.89. The first kappa shape index (κ1) is 16.8. The van der Waals surface area contributed by atoms with Crippen LogP contribution in [0.1, 0.15) is 33.6 Å². The van der Waals surface area contributed by atoms with Crippen LogP contribution < -0.4 is 15.2 Å². The third-order valence-electron chi connectivity index (χ3n) is 3.08. The molecule has 0 aromatic carbocycles. The number of piperidine rings is 1. The fourth-order valence-electron chi connectivity index (χ4n) is 2.08. The Hall–Kier alpha value is -0.280. The number of nitrogens with zero attached hydrogens (tertiary/aromatic N) is 1. The molecule has 0 radical (unpaired) electrons. The lowest BCUT2D eigenvalue weighted by Crippen LogP contribution is -2.64. The van der Waals surface area contributed by atoms with Gasteiger partial charge in [0.05, 0.1) is 10.5 Å². The van der Waals surface area contributed by atoms with Gasteiger partial charge in [-0.1, -0.05) is 12.2 Å². The molecule has 0 bridgehead atoms. The standard InChI is InChI=1S/C11H24N4O2S2/c1-10(2,3)13-19(16,17)14-11(9(12)18)5-7-15(4)8-6-11/h13-14H,5-8H2,1-4H3,(H2,12,18). The van der Waals surface area contributed by atoms with Gasteiger partial charge in [-0.05, 0) is 40.7 Å². The van der Waals surface area contributed by atoms with E-state index in [-0.39, 0.29) is 4.99 Å². The van der Waals surface area contributed by atoms with Crippen molar-refractivity contribution in [1.82, 2.24) is 14.3 Å². The third kappa shape index (κ3) is 4.96. The van der Waals surface area contributed by atoms with Crippen LogP contribution in [0.5, 0.6) is 0 Å². The summed E-state index contributed by atoms with van der Waals surface area (Å²) in [5, 5.41) is 0. The summed E-state index contributed by atoms with van der Waals surface area (Å²) >= 11 is 5.08. The predicted molar refractivity (Wildman–Crippen MR) is 81.2 cm³/mol. The molecule has 1 heterocycles. The van der Waals surface area contributed by atoms with Gasteiger partial charge in [-0.25, -0.2) is 0 Å². The SMILES string of the molecule is CN1CCC(NS(=O)(=O)NC(C)(C)C)(C(N)=S)CC1. The summed E-state index contributed by atoms with van der Waals surface area (Å²) in [5.41, 5.74) is 4.41. The normalized spacial score (nSPS) is 21.3. The number of nitrogens with two attached hydrogens (primary N) is 1. The second kappa shape index (κ2) is 5.61. The molecule has 8 heteroatoms. The minimum atomic E-state index is -3.65. The van der Waals surface area contributed by atoms with Crippen molar-refractivity contribution in [1.29, 1.82) is 0 Å². The van der Waals surface area contributed by atoms with Gasteiger partial charge in [0.2, 0.25) is 0 Å². The van der Waals surface area contributed by atoms with Crippen molar-refractivity contribution in [3.63, 3.8) is 0 Å². The maximum Gasteiger partial charge on any atom is 0.278 e. The van der Waals surface area contributed by atoms with Crippen molar-refractivity contribution in [2.45, 2.75) is 44.7 Å². The van der Waals surface area contributed by atoms with Crippen LogP contribution in [-0.2, 0) is 10.2 Å². The maximum absolute atomic E-state index is 12.2. The van der Waals surface area contributed by atoms with E-state index in [0.717, 1.165) is 13.1 Å². The van der Waals surface area contributed by atoms with E-state index in [9.17, 15) is 8.42 Å². The fraction of sp³-hybridized carbons (Fsp3) is 0.909. The van der Waals surface area contributed by atoms with Crippen molar-refractivity contribution in [2.75, 3.05) is 20.1 Å². The van der Waals surface area contributed by atoms with E-state index < -0.39 is 21.3 Å². The second-order valence-corrected chi connectivity index (χ2v) is 8.06. The van der Waals surface area contributed by atoms with Crippen molar-refractivity contribution < 1.29 is 8.42 Å². The van der Waals surface area contributed by atoms with Gasteiger partial charge in [0.25, 0.3) is 10.2 Å². The number of hydrogen-bond acceptors (Lipinski definition) is 4. The average molecular weight is 308 g/mol. The van der Waals surface area contributed by atoms with E-state index in [2.05, 4.69) is 14.3 Å². The highest BCUT2D eigenvalue weighted by Crippen LogP contribution is 2.23. The summed E-state index contributed by atoms with van der Waals surface area (Å²) in [6.07, 6.45) is 1.17. The van der Waals surface area contributed by atoms with Gasteiger partial charge in [0, 0.05) is 18.6 Å². The van der Waals surface area contributed by atoms with Gasteiger partial charge in [-0.3, -0.25) is 0 Å². The number of likely N-dealkylation sites (tertiary alicyclic amines) is 1. The molecule has 0 amide bonds. The molecule has 6 nitrogen and oxygen atoms in total. The molecule has 0 aromatic rings. The Morgan fingerprint density at radius 1 is 1.32 bits per heavy atom. The van der Waals surface area contributed by atoms with Crippen LogP contribution in [0, 0.1) is 0 Å². The van der Waals surface area contributed by atoms with E-state index in [1.807, 2.05) is 7.05 Å². The molecule has 0 aliphatic carbocycles. The molecule has 19 heavy (non-hydrogen) atoms. The summed E-state index contributed by atoms with van der Waals surface area (Å²) in [6, 6.07) is 0. The Kier molecular flexibility index (Phi) is 4.95. The first-order chi connectivity index (χ1) is 8.46. The molecule has 0 unspecified atom stereocenters. The number of rotatable bonds is 4. The molecule has 1 aliphatic rings. The number of thiocarbonyl (C=S) groups is 1. The summed E-state index contributed by atoms with van der Waals surface area (Å²) in [4.78, 5) is 2.34. The molecular weight excluding hydrogens is 284 g/mol. The Morgan fingerprint density at radius 3 is 2.16 bits per heavy atom. The lowest BCUT2D eigenvalue weighted by atomic mass is 9.89. The highest BCUT2D eigenvalue weighted by molar-refractivity contribution is 7.87. The van der Waals surface area contributed by atoms with Gasteiger partial charge in [-0.15, -0.1) is 0 Å². The molecule has 0 spiro atoms. The van der Waals surface area contributed by atoms with Crippen molar-refractivity contribution >= 4 is 27.4 Å². The van der Waals surface area contributed by atoms with E-state index in [0.29, 0.717) is 12.8 Å². The van der Waals surface area contributed by atoms with Crippen LogP contribution in [0.25, 0.3) is 0 Å². The highest BCUT2D eigenvalue weighted by atomic mass is 32.2. The van der Waals surface area contributed by atoms with Crippen LogP contribution in [0.3, 0.4) is 0 Å². The zero-order valence-corrected chi connectivity index (χ0v) is 13.6. The summed E-state index contributed by atoms with van der Waals surface area (Å²) in [5.74, 6) is 0.